The molecule has 0 aliphatic rings. The highest BCUT2D eigenvalue weighted by atomic mass is 35.5. The van der Waals surface area contributed by atoms with Gasteiger partial charge in [-0.2, -0.15) is 0 Å². The van der Waals surface area contributed by atoms with Gasteiger partial charge in [0.1, 0.15) is 18.0 Å². The summed E-state index contributed by atoms with van der Waals surface area (Å²) < 4.78 is 11.4. The molecule has 6 heteroatoms. The number of pyridine rings is 1. The third kappa shape index (κ3) is 4.58. The molecule has 4 aromatic rings. The fourth-order valence-electron chi connectivity index (χ4n) is 3.29. The van der Waals surface area contributed by atoms with Crippen molar-refractivity contribution in [3.05, 3.63) is 77.4 Å². The van der Waals surface area contributed by atoms with Crippen LogP contribution in [-0.4, -0.2) is 37.3 Å². The molecule has 2 aromatic heterocycles. The minimum Gasteiger partial charge on any atom is -0.489 e. The maximum atomic E-state index is 6.34. The van der Waals surface area contributed by atoms with Crippen LogP contribution in [0.4, 0.5) is 5.69 Å². The lowest BCUT2D eigenvalue weighted by molar-refractivity contribution is 0.206. The van der Waals surface area contributed by atoms with E-state index in [-0.39, 0.29) is 0 Å². The Hall–Kier alpha value is -3.02. The highest BCUT2D eigenvalue weighted by molar-refractivity contribution is 6.35. The van der Waals surface area contributed by atoms with Crippen LogP contribution in [0.5, 0.6) is 5.75 Å². The van der Waals surface area contributed by atoms with Gasteiger partial charge in [0.15, 0.2) is 0 Å². The number of rotatable bonds is 8. The molecule has 1 N–H and O–H groups in total. The van der Waals surface area contributed by atoms with E-state index in [1.165, 1.54) is 0 Å². The molecule has 5 nitrogen and oxygen atoms in total. The standard InChI is InChI=1S/C24H24ClN3O2/c1-28(10-11-29-2)19-12-18(23-15-21-22(25)8-9-26-24(21)27-23)13-20(14-19)30-16-17-6-4-3-5-7-17/h3-9,12-15H,10-11,16H2,1-2H3,(H,26,27). The highest BCUT2D eigenvalue weighted by Crippen LogP contribution is 2.33. The molecule has 30 heavy (non-hydrogen) atoms. The number of aromatic amines is 1. The van der Waals surface area contributed by atoms with Gasteiger partial charge in [-0.1, -0.05) is 41.9 Å². The second-order valence-electron chi connectivity index (χ2n) is 7.14. The number of methoxy groups -OCH3 is 1. The zero-order valence-electron chi connectivity index (χ0n) is 17.1. The summed E-state index contributed by atoms with van der Waals surface area (Å²) in [6, 6.07) is 20.2. The molecular weight excluding hydrogens is 398 g/mol. The van der Waals surface area contributed by atoms with Gasteiger partial charge in [-0.05, 0) is 29.8 Å². The third-order valence-electron chi connectivity index (χ3n) is 5.00. The zero-order chi connectivity index (χ0) is 20.9. The van der Waals surface area contributed by atoms with Gasteiger partial charge < -0.3 is 19.4 Å². The fraction of sp³-hybridized carbons (Fsp3) is 0.208. The van der Waals surface area contributed by atoms with Gasteiger partial charge in [0, 0.05) is 55.3 Å². The fourth-order valence-corrected chi connectivity index (χ4v) is 3.49. The Kier molecular flexibility index (Phi) is 6.21. The summed E-state index contributed by atoms with van der Waals surface area (Å²) in [6.45, 7) is 1.93. The maximum Gasteiger partial charge on any atom is 0.139 e. The van der Waals surface area contributed by atoms with Gasteiger partial charge in [0.2, 0.25) is 0 Å². The molecule has 0 saturated heterocycles. The van der Waals surface area contributed by atoms with Gasteiger partial charge in [0.05, 0.1) is 11.6 Å². The second kappa shape index (κ2) is 9.20. The van der Waals surface area contributed by atoms with E-state index >= 15 is 0 Å². The second-order valence-corrected chi connectivity index (χ2v) is 7.55. The minimum atomic E-state index is 0.506. The van der Waals surface area contributed by atoms with Crippen molar-refractivity contribution in [2.45, 2.75) is 6.61 Å². The predicted molar refractivity (Wildman–Crippen MR) is 122 cm³/mol. The number of fused-ring (bicyclic) bond motifs is 1. The molecule has 0 bridgehead atoms. The lowest BCUT2D eigenvalue weighted by Crippen LogP contribution is -2.22. The van der Waals surface area contributed by atoms with E-state index < -0.39 is 0 Å². The Bertz CT molecular complexity index is 1130. The van der Waals surface area contributed by atoms with Crippen LogP contribution in [0.2, 0.25) is 5.02 Å². The number of benzene rings is 2. The Labute approximate surface area is 181 Å². The molecule has 154 valence electrons. The summed E-state index contributed by atoms with van der Waals surface area (Å²) in [4.78, 5) is 9.90. The Morgan fingerprint density at radius 2 is 1.90 bits per heavy atom. The van der Waals surface area contributed by atoms with Crippen molar-refractivity contribution >= 4 is 28.3 Å². The largest absolute Gasteiger partial charge is 0.489 e. The van der Waals surface area contributed by atoms with Crippen LogP contribution in [0.25, 0.3) is 22.3 Å². The van der Waals surface area contributed by atoms with Gasteiger partial charge in [-0.15, -0.1) is 0 Å². The van der Waals surface area contributed by atoms with Crippen molar-refractivity contribution in [1.29, 1.82) is 0 Å². The molecule has 0 saturated carbocycles. The molecule has 4 rings (SSSR count). The number of anilines is 1. The van der Waals surface area contributed by atoms with Crippen LogP contribution >= 0.6 is 11.6 Å². The molecule has 0 aliphatic carbocycles. The Balaban J connectivity index is 1.69. The van der Waals surface area contributed by atoms with E-state index in [1.54, 1.807) is 19.4 Å². The number of aromatic nitrogens is 2. The molecule has 0 amide bonds. The number of hydrogen-bond donors (Lipinski definition) is 1. The first-order valence-electron chi connectivity index (χ1n) is 9.79. The van der Waals surface area contributed by atoms with Crippen LogP contribution in [-0.2, 0) is 11.3 Å². The topological polar surface area (TPSA) is 50.4 Å². The van der Waals surface area contributed by atoms with Crippen molar-refractivity contribution in [2.24, 2.45) is 0 Å². The molecule has 2 aromatic carbocycles. The normalized spacial score (nSPS) is 11.0. The summed E-state index contributed by atoms with van der Waals surface area (Å²) in [5.41, 5.74) is 4.89. The van der Waals surface area contributed by atoms with Crippen LogP contribution in [0.15, 0.2) is 66.9 Å². The number of nitrogens with one attached hydrogen (secondary N) is 1. The first kappa shape index (κ1) is 20.3. The maximum absolute atomic E-state index is 6.34. The number of H-pyrrole nitrogens is 1. The Morgan fingerprint density at radius 1 is 1.07 bits per heavy atom. The molecule has 0 unspecified atom stereocenters. The van der Waals surface area contributed by atoms with E-state index in [9.17, 15) is 0 Å². The van der Waals surface area contributed by atoms with Crippen LogP contribution < -0.4 is 9.64 Å². The van der Waals surface area contributed by atoms with Crippen LogP contribution in [0.3, 0.4) is 0 Å². The Morgan fingerprint density at radius 3 is 2.67 bits per heavy atom. The van der Waals surface area contributed by atoms with Crippen LogP contribution in [0.1, 0.15) is 5.56 Å². The lowest BCUT2D eigenvalue weighted by atomic mass is 10.1. The number of halogens is 1. The highest BCUT2D eigenvalue weighted by Gasteiger charge is 2.12. The summed E-state index contributed by atoms with van der Waals surface area (Å²) in [5, 5.41) is 1.58. The summed E-state index contributed by atoms with van der Waals surface area (Å²) >= 11 is 6.34. The van der Waals surface area contributed by atoms with E-state index in [4.69, 9.17) is 21.1 Å². The SMILES string of the molecule is COCCN(C)c1cc(OCc2ccccc2)cc(-c2cc3c(Cl)ccnc3[nH]2)c1. The summed E-state index contributed by atoms with van der Waals surface area (Å²) in [6.07, 6.45) is 1.70. The molecule has 2 heterocycles. The van der Waals surface area contributed by atoms with Gasteiger partial charge in [0.25, 0.3) is 0 Å². The van der Waals surface area contributed by atoms with Gasteiger partial charge >= 0.3 is 0 Å². The lowest BCUT2D eigenvalue weighted by Gasteiger charge is -2.21. The predicted octanol–water partition coefficient (Wildman–Crippen LogP) is 5.54. The monoisotopic (exact) mass is 421 g/mol. The van der Waals surface area contributed by atoms with Crippen molar-refractivity contribution in [1.82, 2.24) is 9.97 Å². The average molecular weight is 422 g/mol. The van der Waals surface area contributed by atoms with E-state index in [1.807, 2.05) is 37.4 Å². The number of nitrogens with zero attached hydrogens (tertiary/aromatic N) is 2. The molecular formula is C24H24ClN3O2. The molecule has 0 spiro atoms. The van der Waals surface area contributed by atoms with E-state index in [0.29, 0.717) is 18.2 Å². The quantitative estimate of drug-likeness (QED) is 0.405. The third-order valence-corrected chi connectivity index (χ3v) is 5.33. The van der Waals surface area contributed by atoms with Crippen molar-refractivity contribution < 1.29 is 9.47 Å². The number of hydrogen-bond acceptors (Lipinski definition) is 4. The van der Waals surface area contributed by atoms with Gasteiger partial charge in [-0.3, -0.25) is 0 Å². The van der Waals surface area contributed by atoms with E-state index in [0.717, 1.165) is 45.8 Å². The molecule has 0 atom stereocenters. The van der Waals surface area contributed by atoms with Crippen molar-refractivity contribution in [2.75, 3.05) is 32.2 Å². The zero-order valence-corrected chi connectivity index (χ0v) is 17.8. The average Bonchev–Trinajstić information content (AvgIpc) is 3.22. The minimum absolute atomic E-state index is 0.506. The van der Waals surface area contributed by atoms with Crippen molar-refractivity contribution in [3.8, 4) is 17.0 Å². The van der Waals surface area contributed by atoms with Crippen molar-refractivity contribution in [3.63, 3.8) is 0 Å². The van der Waals surface area contributed by atoms with Gasteiger partial charge in [-0.25, -0.2) is 4.98 Å². The smallest absolute Gasteiger partial charge is 0.139 e. The molecule has 0 radical (unpaired) electrons. The van der Waals surface area contributed by atoms with E-state index in [2.05, 4.69) is 39.1 Å². The first-order valence-corrected chi connectivity index (χ1v) is 10.2. The summed E-state index contributed by atoms with van der Waals surface area (Å²) in [7, 11) is 3.75. The first-order chi connectivity index (χ1) is 14.6. The summed E-state index contributed by atoms with van der Waals surface area (Å²) in [5.74, 6) is 0.799. The molecule has 0 aliphatic heterocycles. The number of likely N-dealkylation sites (N-methyl/N-ethyl adjacent to an activating group) is 1. The number of ether oxygens (including phenoxy) is 2. The van der Waals surface area contributed by atoms with Crippen LogP contribution in [0, 0.1) is 0 Å². The molecule has 0 fully saturated rings.